The predicted molar refractivity (Wildman–Crippen MR) is 131 cm³/mol. The minimum Gasteiger partial charge on any atom is -0.393 e. The number of aliphatic hydroxyl groups is 1. The number of rotatable bonds is 4. The average molecular weight is 455 g/mol. The van der Waals surface area contributed by atoms with E-state index < -0.39 is 0 Å². The smallest absolute Gasteiger partial charge is 0.254 e. The molecule has 1 saturated heterocycles. The molecule has 1 aromatic carbocycles. The molecule has 3 N–H and O–H groups in total. The fourth-order valence-corrected chi connectivity index (χ4v) is 5.02. The van der Waals surface area contributed by atoms with Crippen LogP contribution >= 0.6 is 0 Å². The second-order valence-corrected chi connectivity index (χ2v) is 8.96. The number of benzene rings is 1. The maximum atomic E-state index is 12.9. The van der Waals surface area contributed by atoms with Gasteiger partial charge in [-0.25, -0.2) is 9.97 Å². The van der Waals surface area contributed by atoms with Crippen LogP contribution in [0.2, 0.25) is 0 Å². The molecule has 172 valence electrons. The van der Waals surface area contributed by atoms with Gasteiger partial charge in [0.15, 0.2) is 0 Å². The van der Waals surface area contributed by atoms with Gasteiger partial charge in [0, 0.05) is 24.8 Å². The van der Waals surface area contributed by atoms with Gasteiger partial charge in [-0.15, -0.1) is 0 Å². The van der Waals surface area contributed by atoms with Crippen molar-refractivity contribution in [2.45, 2.75) is 31.9 Å². The number of carbonyl (C=O) groups excluding carboxylic acids is 1. The Morgan fingerprint density at radius 1 is 1.06 bits per heavy atom. The molecule has 6 rings (SSSR count). The SMILES string of the molecule is C[C@H]1NC(=O)c2c(Nc3ccc(N4CCC(O)CC4)cn3)ccc(-c3cnc4ccccn34)c21. The molecule has 0 aliphatic carbocycles. The number of nitrogens with zero attached hydrogens (tertiary/aromatic N) is 4. The van der Waals surface area contributed by atoms with Gasteiger partial charge in [-0.05, 0) is 55.7 Å². The molecule has 8 nitrogen and oxygen atoms in total. The second kappa shape index (κ2) is 8.14. The molecule has 0 radical (unpaired) electrons. The summed E-state index contributed by atoms with van der Waals surface area (Å²) in [6.07, 6.45) is 7.03. The topological polar surface area (TPSA) is 94.8 Å². The minimum atomic E-state index is -0.204. The third kappa shape index (κ3) is 3.47. The number of carbonyl (C=O) groups is 1. The molecule has 0 spiro atoms. The van der Waals surface area contributed by atoms with Crippen LogP contribution in [0.1, 0.15) is 41.7 Å². The van der Waals surface area contributed by atoms with E-state index in [2.05, 4.69) is 25.5 Å². The van der Waals surface area contributed by atoms with E-state index in [-0.39, 0.29) is 18.1 Å². The van der Waals surface area contributed by atoms with Gasteiger partial charge < -0.3 is 20.6 Å². The zero-order chi connectivity index (χ0) is 23.2. The zero-order valence-electron chi connectivity index (χ0n) is 18.9. The summed E-state index contributed by atoms with van der Waals surface area (Å²) in [6, 6.07) is 13.7. The highest BCUT2D eigenvalue weighted by molar-refractivity contribution is 6.06. The fourth-order valence-electron chi connectivity index (χ4n) is 5.02. The fraction of sp³-hybridized carbons (Fsp3) is 0.269. The molecule has 3 aromatic heterocycles. The van der Waals surface area contributed by atoms with Crippen molar-refractivity contribution in [1.82, 2.24) is 19.7 Å². The number of piperidine rings is 1. The van der Waals surface area contributed by atoms with Crippen molar-refractivity contribution in [2.75, 3.05) is 23.3 Å². The van der Waals surface area contributed by atoms with Gasteiger partial charge in [-0.1, -0.05) is 12.1 Å². The number of nitrogens with one attached hydrogen (secondary N) is 2. The van der Waals surface area contributed by atoms with Gasteiger partial charge in [0.25, 0.3) is 5.91 Å². The lowest BCUT2D eigenvalue weighted by molar-refractivity contribution is 0.0959. The molecular weight excluding hydrogens is 428 g/mol. The molecular formula is C26H26N6O2. The van der Waals surface area contributed by atoms with Crippen LogP contribution in [0.15, 0.2) is 61.1 Å². The summed E-state index contributed by atoms with van der Waals surface area (Å²) in [6.45, 7) is 3.65. The lowest BCUT2D eigenvalue weighted by Crippen LogP contribution is -2.35. The number of pyridine rings is 2. The van der Waals surface area contributed by atoms with Gasteiger partial charge in [-0.3, -0.25) is 9.20 Å². The Bertz CT molecular complexity index is 1370. The standard InChI is InChI=1S/C26H26N6O2/c1-16-24-19(21-15-28-23-4-2-3-11-32(21)23)6-7-20(25(24)26(34)29-16)30-22-8-5-17(14-27-22)31-12-9-18(33)10-13-31/h2-8,11,14-16,18,33H,9-10,12-13H2,1H3,(H,27,30)(H,29,34)/t16-/m1/s1. The van der Waals surface area contributed by atoms with Crippen molar-refractivity contribution in [3.05, 3.63) is 72.2 Å². The van der Waals surface area contributed by atoms with Crippen LogP contribution in [0.25, 0.3) is 16.9 Å². The molecule has 0 bridgehead atoms. The van der Waals surface area contributed by atoms with Crippen molar-refractivity contribution < 1.29 is 9.90 Å². The molecule has 0 saturated carbocycles. The number of hydrogen-bond acceptors (Lipinski definition) is 6. The number of hydrogen-bond donors (Lipinski definition) is 3. The first-order chi connectivity index (χ1) is 16.6. The first-order valence-corrected chi connectivity index (χ1v) is 11.6. The lowest BCUT2D eigenvalue weighted by Gasteiger charge is -2.31. The van der Waals surface area contributed by atoms with Crippen LogP contribution in [0.3, 0.4) is 0 Å². The normalized spacial score (nSPS) is 18.2. The Morgan fingerprint density at radius 2 is 1.91 bits per heavy atom. The summed E-state index contributed by atoms with van der Waals surface area (Å²) in [5.41, 5.74) is 6.19. The largest absolute Gasteiger partial charge is 0.393 e. The molecule has 1 amide bonds. The molecule has 2 aliphatic rings. The average Bonchev–Trinajstić information content (AvgIpc) is 3.41. The molecule has 34 heavy (non-hydrogen) atoms. The molecule has 0 unspecified atom stereocenters. The molecule has 4 aromatic rings. The number of anilines is 3. The molecule has 1 atom stereocenters. The molecule has 5 heterocycles. The molecule has 1 fully saturated rings. The highest BCUT2D eigenvalue weighted by Crippen LogP contribution is 2.39. The van der Waals surface area contributed by atoms with Gasteiger partial charge in [0.2, 0.25) is 0 Å². The van der Waals surface area contributed by atoms with Crippen LogP contribution < -0.4 is 15.5 Å². The summed E-state index contributed by atoms with van der Waals surface area (Å²) in [7, 11) is 0. The Balaban J connectivity index is 1.33. The monoisotopic (exact) mass is 454 g/mol. The van der Waals surface area contributed by atoms with E-state index in [1.54, 1.807) is 0 Å². The van der Waals surface area contributed by atoms with E-state index in [1.165, 1.54) is 0 Å². The van der Waals surface area contributed by atoms with E-state index >= 15 is 0 Å². The number of fused-ring (bicyclic) bond motifs is 2. The van der Waals surface area contributed by atoms with E-state index in [4.69, 9.17) is 0 Å². The van der Waals surface area contributed by atoms with Crippen molar-refractivity contribution in [3.63, 3.8) is 0 Å². The van der Waals surface area contributed by atoms with E-state index in [9.17, 15) is 9.90 Å². The van der Waals surface area contributed by atoms with Crippen LogP contribution in [-0.4, -0.2) is 44.6 Å². The Labute approximate surface area is 197 Å². The number of imidazole rings is 1. The summed E-state index contributed by atoms with van der Waals surface area (Å²) < 4.78 is 2.04. The maximum absolute atomic E-state index is 12.9. The zero-order valence-corrected chi connectivity index (χ0v) is 18.9. The number of amides is 1. The lowest BCUT2D eigenvalue weighted by atomic mass is 9.95. The minimum absolute atomic E-state index is 0.0934. The van der Waals surface area contributed by atoms with Crippen LogP contribution in [-0.2, 0) is 0 Å². The summed E-state index contributed by atoms with van der Waals surface area (Å²) in [5.74, 6) is 0.585. The van der Waals surface area contributed by atoms with Gasteiger partial charge in [-0.2, -0.15) is 0 Å². The summed E-state index contributed by atoms with van der Waals surface area (Å²) >= 11 is 0. The highest BCUT2D eigenvalue weighted by atomic mass is 16.3. The number of aromatic nitrogens is 3. The van der Waals surface area contributed by atoms with Crippen molar-refractivity contribution in [1.29, 1.82) is 0 Å². The summed E-state index contributed by atoms with van der Waals surface area (Å²) in [4.78, 5) is 24.3. The van der Waals surface area contributed by atoms with Gasteiger partial charge >= 0.3 is 0 Å². The van der Waals surface area contributed by atoms with Crippen molar-refractivity contribution >= 4 is 28.7 Å². The number of aliphatic hydroxyl groups excluding tert-OH is 1. The Hall–Kier alpha value is -3.91. The van der Waals surface area contributed by atoms with Crippen LogP contribution in [0, 0.1) is 0 Å². The predicted octanol–water partition coefficient (Wildman–Crippen LogP) is 3.91. The highest BCUT2D eigenvalue weighted by Gasteiger charge is 2.32. The van der Waals surface area contributed by atoms with Crippen molar-refractivity contribution in [3.8, 4) is 11.3 Å². The second-order valence-electron chi connectivity index (χ2n) is 8.96. The van der Waals surface area contributed by atoms with E-state index in [0.29, 0.717) is 11.4 Å². The van der Waals surface area contributed by atoms with Crippen LogP contribution in [0.5, 0.6) is 0 Å². The Kier molecular flexibility index (Phi) is 4.95. The maximum Gasteiger partial charge on any atom is 0.254 e. The van der Waals surface area contributed by atoms with Gasteiger partial charge in [0.1, 0.15) is 11.5 Å². The van der Waals surface area contributed by atoms with Crippen LogP contribution in [0.4, 0.5) is 17.2 Å². The Morgan fingerprint density at radius 3 is 2.71 bits per heavy atom. The molecule has 2 aliphatic heterocycles. The summed E-state index contributed by atoms with van der Waals surface area (Å²) in [5, 5.41) is 16.1. The quantitative estimate of drug-likeness (QED) is 0.433. The van der Waals surface area contributed by atoms with Gasteiger partial charge in [0.05, 0.1) is 47.2 Å². The first-order valence-electron chi connectivity index (χ1n) is 11.6. The molecule has 8 heteroatoms. The van der Waals surface area contributed by atoms with E-state index in [0.717, 1.165) is 59.8 Å². The first kappa shape index (κ1) is 20.7. The third-order valence-electron chi connectivity index (χ3n) is 6.79. The van der Waals surface area contributed by atoms with Crippen molar-refractivity contribution in [2.24, 2.45) is 0 Å². The third-order valence-corrected chi connectivity index (χ3v) is 6.79. The van der Waals surface area contributed by atoms with E-state index in [1.807, 2.05) is 72.4 Å².